The molecule has 20 heavy (non-hydrogen) atoms. The second-order valence-corrected chi connectivity index (χ2v) is 5.58. The fourth-order valence-electron chi connectivity index (χ4n) is 1.44. The summed E-state index contributed by atoms with van der Waals surface area (Å²) < 4.78 is 61.7. The number of rotatable bonds is 6. The summed E-state index contributed by atoms with van der Waals surface area (Å²) >= 11 is 0. The lowest BCUT2D eigenvalue weighted by Gasteiger charge is -2.23. The zero-order valence-electron chi connectivity index (χ0n) is 10.1. The van der Waals surface area contributed by atoms with E-state index >= 15 is 0 Å². The van der Waals surface area contributed by atoms with Gasteiger partial charge in [0.15, 0.2) is 5.82 Å². The number of nitrogen functional groups attached to an aromatic ring is 1. The Morgan fingerprint density at radius 1 is 1.45 bits per heavy atom. The largest absolute Gasteiger partial charge is 0.402 e. The molecule has 1 rings (SSSR count). The summed E-state index contributed by atoms with van der Waals surface area (Å²) in [5.41, 5.74) is 2.00. The van der Waals surface area contributed by atoms with Gasteiger partial charge >= 0.3 is 6.18 Å². The molecule has 1 aromatic heterocycles. The van der Waals surface area contributed by atoms with Crippen LogP contribution < -0.4 is 11.3 Å². The first-order valence-corrected chi connectivity index (χ1v) is 6.76. The van der Waals surface area contributed by atoms with E-state index in [-0.39, 0.29) is 10.1 Å². The Morgan fingerprint density at radius 2 is 2.10 bits per heavy atom. The molecule has 11 heteroatoms. The third kappa shape index (κ3) is 4.03. The first kappa shape index (κ1) is 16.6. The number of hydrogen-bond donors (Lipinski definition) is 3. The van der Waals surface area contributed by atoms with E-state index in [0.717, 1.165) is 6.07 Å². The molecular formula is C9H13F3N4O3S. The van der Waals surface area contributed by atoms with Crippen LogP contribution >= 0.6 is 0 Å². The van der Waals surface area contributed by atoms with Gasteiger partial charge in [-0.2, -0.15) is 17.5 Å². The summed E-state index contributed by atoms with van der Waals surface area (Å²) in [6, 6.07) is 2.32. The van der Waals surface area contributed by atoms with Gasteiger partial charge in [-0.05, 0) is 12.1 Å². The van der Waals surface area contributed by atoms with Crippen molar-refractivity contribution in [3.63, 3.8) is 0 Å². The molecule has 0 saturated carbocycles. The highest BCUT2D eigenvalue weighted by Crippen LogP contribution is 2.25. The number of nitrogens with zero attached hydrogens (tertiary/aromatic N) is 2. The van der Waals surface area contributed by atoms with E-state index in [2.05, 4.69) is 4.98 Å². The van der Waals surface area contributed by atoms with E-state index in [1.165, 1.54) is 12.3 Å². The van der Waals surface area contributed by atoms with E-state index in [4.69, 9.17) is 10.9 Å². The van der Waals surface area contributed by atoms with Crippen LogP contribution in [0.4, 0.5) is 19.0 Å². The minimum absolute atomic E-state index is 0.116. The van der Waals surface area contributed by atoms with Gasteiger partial charge in [-0.3, -0.25) is 0 Å². The SMILES string of the molecule is NNc1ncccc1S(=O)(=O)N(CCO)CC(F)(F)F. The second kappa shape index (κ2) is 6.35. The van der Waals surface area contributed by atoms with Crippen LogP contribution in [0.2, 0.25) is 0 Å². The zero-order valence-corrected chi connectivity index (χ0v) is 10.9. The minimum Gasteiger partial charge on any atom is -0.395 e. The van der Waals surface area contributed by atoms with Gasteiger partial charge in [0.25, 0.3) is 0 Å². The number of hydrazine groups is 1. The van der Waals surface area contributed by atoms with E-state index in [1.807, 2.05) is 5.43 Å². The predicted octanol–water partition coefficient (Wildman–Crippen LogP) is -0.0875. The quantitative estimate of drug-likeness (QED) is 0.500. The molecule has 0 atom stereocenters. The average Bonchev–Trinajstić information content (AvgIpc) is 2.36. The van der Waals surface area contributed by atoms with E-state index in [1.54, 1.807) is 0 Å². The number of hydrogen-bond acceptors (Lipinski definition) is 6. The van der Waals surface area contributed by atoms with Gasteiger partial charge in [-0.15, -0.1) is 0 Å². The van der Waals surface area contributed by atoms with Gasteiger partial charge < -0.3 is 10.5 Å². The van der Waals surface area contributed by atoms with Crippen LogP contribution in [-0.4, -0.2) is 48.7 Å². The van der Waals surface area contributed by atoms with Crippen LogP contribution in [-0.2, 0) is 10.0 Å². The maximum Gasteiger partial charge on any atom is 0.402 e. The molecule has 4 N–H and O–H groups in total. The number of pyridine rings is 1. The van der Waals surface area contributed by atoms with Gasteiger partial charge in [0.2, 0.25) is 10.0 Å². The average molecular weight is 314 g/mol. The maximum absolute atomic E-state index is 12.4. The molecule has 0 aliphatic heterocycles. The molecule has 7 nitrogen and oxygen atoms in total. The minimum atomic E-state index is -4.74. The van der Waals surface area contributed by atoms with Crippen molar-refractivity contribution in [3.8, 4) is 0 Å². The van der Waals surface area contributed by atoms with Crippen molar-refractivity contribution >= 4 is 15.8 Å². The number of sulfonamides is 1. The number of nitrogens with one attached hydrogen (secondary N) is 1. The van der Waals surface area contributed by atoms with Crippen LogP contribution in [0.3, 0.4) is 0 Å². The molecule has 0 bridgehead atoms. The number of nitrogens with two attached hydrogens (primary N) is 1. The van der Waals surface area contributed by atoms with Crippen molar-refractivity contribution in [2.24, 2.45) is 5.84 Å². The lowest BCUT2D eigenvalue weighted by atomic mass is 10.5. The Balaban J connectivity index is 3.22. The third-order valence-corrected chi connectivity index (χ3v) is 4.11. The standard InChI is InChI=1S/C9H13F3N4O3S/c10-9(11,12)6-16(4-5-17)20(18,19)7-2-1-3-14-8(7)15-13/h1-3,17H,4-6,13H2,(H,14,15). The lowest BCUT2D eigenvalue weighted by molar-refractivity contribution is -0.136. The molecule has 0 aliphatic rings. The van der Waals surface area contributed by atoms with Gasteiger partial charge in [0.05, 0.1) is 6.61 Å². The topological polar surface area (TPSA) is 109 Å². The third-order valence-electron chi connectivity index (χ3n) is 2.23. The summed E-state index contributed by atoms with van der Waals surface area (Å²) in [5.74, 6) is 4.80. The summed E-state index contributed by atoms with van der Waals surface area (Å²) in [6.07, 6.45) is -3.50. The highest BCUT2D eigenvalue weighted by molar-refractivity contribution is 7.89. The molecule has 0 aromatic carbocycles. The van der Waals surface area contributed by atoms with Crippen LogP contribution in [0.1, 0.15) is 0 Å². The van der Waals surface area contributed by atoms with Crippen LogP contribution in [0.15, 0.2) is 23.2 Å². The molecule has 1 aromatic rings. The summed E-state index contributed by atoms with van der Waals surface area (Å²) in [4.78, 5) is 3.12. The first-order valence-electron chi connectivity index (χ1n) is 5.32. The Labute approximate surface area is 113 Å². The molecule has 114 valence electrons. The molecule has 0 fully saturated rings. The second-order valence-electron chi connectivity index (χ2n) is 3.67. The van der Waals surface area contributed by atoms with Gasteiger partial charge in [-0.25, -0.2) is 19.2 Å². The summed E-state index contributed by atoms with van der Waals surface area (Å²) in [7, 11) is -4.49. The number of aliphatic hydroxyl groups excluding tert-OH is 1. The smallest absolute Gasteiger partial charge is 0.395 e. The first-order chi connectivity index (χ1) is 9.22. The van der Waals surface area contributed by atoms with E-state index in [9.17, 15) is 21.6 Å². The van der Waals surface area contributed by atoms with Crippen LogP contribution in [0.25, 0.3) is 0 Å². The molecule has 0 spiro atoms. The van der Waals surface area contributed by atoms with Gasteiger partial charge in [0, 0.05) is 12.7 Å². The number of anilines is 1. The van der Waals surface area contributed by atoms with Crippen molar-refractivity contribution < 1.29 is 26.7 Å². The molecule has 0 radical (unpaired) electrons. The number of aliphatic hydroxyl groups is 1. The monoisotopic (exact) mass is 314 g/mol. The maximum atomic E-state index is 12.4. The highest BCUT2D eigenvalue weighted by Gasteiger charge is 2.37. The number of aromatic nitrogens is 1. The summed E-state index contributed by atoms with van der Waals surface area (Å²) in [6.45, 7) is -3.16. The van der Waals surface area contributed by atoms with Crippen LogP contribution in [0, 0.1) is 0 Å². The molecule has 0 unspecified atom stereocenters. The zero-order chi connectivity index (χ0) is 15.4. The Hall–Kier alpha value is -1.43. The number of alkyl halides is 3. The Bertz CT molecular complexity index is 550. The molecule has 1 heterocycles. The summed E-state index contributed by atoms with van der Waals surface area (Å²) in [5, 5.41) is 8.74. The fraction of sp³-hybridized carbons (Fsp3) is 0.444. The van der Waals surface area contributed by atoms with Crippen LogP contribution in [0.5, 0.6) is 0 Å². The Kier molecular flexibility index (Phi) is 5.28. The van der Waals surface area contributed by atoms with E-state index < -0.39 is 40.8 Å². The lowest BCUT2D eigenvalue weighted by Crippen LogP contribution is -2.41. The van der Waals surface area contributed by atoms with Gasteiger partial charge in [0.1, 0.15) is 11.4 Å². The fourth-order valence-corrected chi connectivity index (χ4v) is 2.96. The molecule has 0 aliphatic carbocycles. The van der Waals surface area contributed by atoms with E-state index in [0.29, 0.717) is 0 Å². The molecule has 0 amide bonds. The van der Waals surface area contributed by atoms with Crippen molar-refractivity contribution in [1.29, 1.82) is 0 Å². The highest BCUT2D eigenvalue weighted by atomic mass is 32.2. The van der Waals surface area contributed by atoms with Crippen molar-refractivity contribution in [3.05, 3.63) is 18.3 Å². The molecular weight excluding hydrogens is 301 g/mol. The normalized spacial score (nSPS) is 12.7. The van der Waals surface area contributed by atoms with Crippen molar-refractivity contribution in [2.45, 2.75) is 11.1 Å². The molecule has 0 saturated heterocycles. The van der Waals surface area contributed by atoms with Crippen molar-refractivity contribution in [1.82, 2.24) is 9.29 Å². The van der Waals surface area contributed by atoms with Crippen molar-refractivity contribution in [2.75, 3.05) is 25.1 Å². The Morgan fingerprint density at radius 3 is 2.60 bits per heavy atom. The predicted molar refractivity (Wildman–Crippen MR) is 63.9 cm³/mol. The van der Waals surface area contributed by atoms with Gasteiger partial charge in [-0.1, -0.05) is 0 Å². The number of halogens is 3.